The first-order valence-electron chi connectivity index (χ1n) is 9.14. The van der Waals surface area contributed by atoms with Gasteiger partial charge in [0.05, 0.1) is 0 Å². The van der Waals surface area contributed by atoms with Gasteiger partial charge in [0.15, 0.2) is 0 Å². The molecule has 1 rings (SSSR count). The zero-order valence-corrected chi connectivity index (χ0v) is 14.2. The Morgan fingerprint density at radius 1 is 0.810 bits per heavy atom. The molecule has 0 aliphatic heterocycles. The topological polar surface area (TPSA) is 12.0 Å². The molecular weight excluding hydrogens is 254 g/mol. The maximum atomic E-state index is 3.73. The summed E-state index contributed by atoms with van der Waals surface area (Å²) in [5, 5.41) is 3.73. The van der Waals surface area contributed by atoms with Crippen molar-refractivity contribution in [2.24, 2.45) is 0 Å². The molecular formula is C20H35N. The zero-order chi connectivity index (χ0) is 15.2. The molecule has 0 saturated heterocycles. The van der Waals surface area contributed by atoms with Crippen molar-refractivity contribution in [2.75, 3.05) is 6.54 Å². The largest absolute Gasteiger partial charge is 0.314 e. The highest BCUT2D eigenvalue weighted by molar-refractivity contribution is 5.15. The monoisotopic (exact) mass is 289 g/mol. The summed E-state index contributed by atoms with van der Waals surface area (Å²) in [6.07, 6.45) is 13.5. The van der Waals surface area contributed by atoms with Gasteiger partial charge in [-0.15, -0.1) is 0 Å². The number of hydrogen-bond acceptors (Lipinski definition) is 1. The molecule has 0 saturated carbocycles. The van der Waals surface area contributed by atoms with E-state index in [1.807, 2.05) is 0 Å². The highest BCUT2D eigenvalue weighted by atomic mass is 14.9. The molecule has 120 valence electrons. The van der Waals surface area contributed by atoms with Crippen LogP contribution >= 0.6 is 0 Å². The standard InChI is InChI=1S/C20H35N/c1-3-5-6-7-8-9-13-16-20(21-17-4-2)18-19-14-11-10-12-15-19/h10-12,14-15,20-21H,3-9,13,16-18H2,1-2H3. The molecule has 1 aromatic rings. The molecule has 0 heterocycles. The lowest BCUT2D eigenvalue weighted by molar-refractivity contribution is 0.449. The summed E-state index contributed by atoms with van der Waals surface area (Å²) in [6, 6.07) is 11.6. The zero-order valence-electron chi connectivity index (χ0n) is 14.2. The van der Waals surface area contributed by atoms with E-state index < -0.39 is 0 Å². The summed E-state index contributed by atoms with van der Waals surface area (Å²) in [5.41, 5.74) is 1.47. The van der Waals surface area contributed by atoms with Crippen molar-refractivity contribution in [3.8, 4) is 0 Å². The first-order valence-corrected chi connectivity index (χ1v) is 9.14. The highest BCUT2D eigenvalue weighted by Gasteiger charge is 2.08. The molecule has 0 fully saturated rings. The fourth-order valence-corrected chi connectivity index (χ4v) is 2.87. The minimum absolute atomic E-state index is 0.656. The number of unbranched alkanes of at least 4 members (excludes halogenated alkanes) is 6. The Kier molecular flexibility index (Phi) is 11.2. The van der Waals surface area contributed by atoms with Crippen LogP contribution in [0.4, 0.5) is 0 Å². The Morgan fingerprint density at radius 3 is 2.14 bits per heavy atom. The Balaban J connectivity index is 2.20. The van der Waals surface area contributed by atoms with Gasteiger partial charge < -0.3 is 5.32 Å². The predicted molar refractivity (Wildman–Crippen MR) is 94.8 cm³/mol. The second kappa shape index (κ2) is 12.9. The van der Waals surface area contributed by atoms with Crippen LogP contribution in [-0.4, -0.2) is 12.6 Å². The summed E-state index contributed by atoms with van der Waals surface area (Å²) in [6.45, 7) is 5.68. The van der Waals surface area contributed by atoms with E-state index in [2.05, 4.69) is 49.5 Å². The van der Waals surface area contributed by atoms with Gasteiger partial charge in [-0.2, -0.15) is 0 Å². The number of benzene rings is 1. The minimum Gasteiger partial charge on any atom is -0.314 e. The van der Waals surface area contributed by atoms with E-state index in [4.69, 9.17) is 0 Å². The average Bonchev–Trinajstić information content (AvgIpc) is 2.52. The summed E-state index contributed by atoms with van der Waals surface area (Å²) in [5.74, 6) is 0. The molecule has 0 spiro atoms. The summed E-state index contributed by atoms with van der Waals surface area (Å²) in [4.78, 5) is 0. The first kappa shape index (κ1) is 18.2. The number of rotatable bonds is 13. The van der Waals surface area contributed by atoms with Gasteiger partial charge in [-0.05, 0) is 31.4 Å². The predicted octanol–water partition coefficient (Wildman–Crippen LogP) is 5.74. The van der Waals surface area contributed by atoms with E-state index in [1.54, 1.807) is 0 Å². The molecule has 0 bridgehead atoms. The second-order valence-electron chi connectivity index (χ2n) is 6.25. The lowest BCUT2D eigenvalue weighted by Crippen LogP contribution is -2.31. The van der Waals surface area contributed by atoms with E-state index in [1.165, 1.54) is 69.8 Å². The van der Waals surface area contributed by atoms with Crippen LogP contribution in [0.15, 0.2) is 30.3 Å². The van der Waals surface area contributed by atoms with Crippen LogP contribution < -0.4 is 5.32 Å². The Hall–Kier alpha value is -0.820. The van der Waals surface area contributed by atoms with Crippen molar-refractivity contribution in [2.45, 2.75) is 84.1 Å². The van der Waals surface area contributed by atoms with Gasteiger partial charge in [0.2, 0.25) is 0 Å². The van der Waals surface area contributed by atoms with Gasteiger partial charge in [0.1, 0.15) is 0 Å². The van der Waals surface area contributed by atoms with Crippen LogP contribution in [0, 0.1) is 0 Å². The lowest BCUT2D eigenvalue weighted by Gasteiger charge is -2.18. The van der Waals surface area contributed by atoms with Gasteiger partial charge in [0, 0.05) is 6.04 Å². The van der Waals surface area contributed by atoms with Crippen LogP contribution in [0.2, 0.25) is 0 Å². The van der Waals surface area contributed by atoms with Gasteiger partial charge in [-0.3, -0.25) is 0 Å². The molecule has 1 unspecified atom stereocenters. The van der Waals surface area contributed by atoms with Crippen LogP contribution in [0.3, 0.4) is 0 Å². The van der Waals surface area contributed by atoms with Crippen LogP contribution in [-0.2, 0) is 6.42 Å². The Bertz CT molecular complexity index is 320. The van der Waals surface area contributed by atoms with Crippen LogP contribution in [0.5, 0.6) is 0 Å². The molecule has 0 aliphatic carbocycles. The Morgan fingerprint density at radius 2 is 1.48 bits per heavy atom. The van der Waals surface area contributed by atoms with Gasteiger partial charge >= 0.3 is 0 Å². The quantitative estimate of drug-likeness (QED) is 0.457. The average molecular weight is 290 g/mol. The van der Waals surface area contributed by atoms with E-state index >= 15 is 0 Å². The minimum atomic E-state index is 0.656. The SMILES string of the molecule is CCCCCCCCCC(Cc1ccccc1)NCCC. The molecule has 0 amide bonds. The molecule has 1 N–H and O–H groups in total. The molecule has 1 atom stereocenters. The fourth-order valence-electron chi connectivity index (χ4n) is 2.87. The number of nitrogens with one attached hydrogen (secondary N) is 1. The smallest absolute Gasteiger partial charge is 0.0107 e. The van der Waals surface area contributed by atoms with E-state index in [0.29, 0.717) is 6.04 Å². The van der Waals surface area contributed by atoms with Crippen LogP contribution in [0.1, 0.15) is 77.2 Å². The summed E-state index contributed by atoms with van der Waals surface area (Å²) in [7, 11) is 0. The first-order chi connectivity index (χ1) is 10.4. The van der Waals surface area contributed by atoms with Crippen molar-refractivity contribution >= 4 is 0 Å². The van der Waals surface area contributed by atoms with Gasteiger partial charge in [0.25, 0.3) is 0 Å². The molecule has 0 aliphatic rings. The third kappa shape index (κ3) is 9.68. The van der Waals surface area contributed by atoms with E-state index in [-0.39, 0.29) is 0 Å². The highest BCUT2D eigenvalue weighted by Crippen LogP contribution is 2.12. The van der Waals surface area contributed by atoms with Gasteiger partial charge in [-0.1, -0.05) is 89.1 Å². The maximum absolute atomic E-state index is 3.73. The Labute approximate surface area is 132 Å². The normalized spacial score (nSPS) is 12.5. The van der Waals surface area contributed by atoms with Crippen molar-refractivity contribution in [3.63, 3.8) is 0 Å². The molecule has 0 aromatic heterocycles. The number of hydrogen-bond donors (Lipinski definition) is 1. The third-order valence-electron chi connectivity index (χ3n) is 4.16. The molecule has 21 heavy (non-hydrogen) atoms. The van der Waals surface area contributed by atoms with Crippen molar-refractivity contribution in [1.29, 1.82) is 0 Å². The second-order valence-corrected chi connectivity index (χ2v) is 6.25. The van der Waals surface area contributed by atoms with Crippen molar-refractivity contribution in [1.82, 2.24) is 5.32 Å². The lowest BCUT2D eigenvalue weighted by atomic mass is 9.99. The summed E-state index contributed by atoms with van der Waals surface area (Å²) < 4.78 is 0. The molecule has 1 aromatic carbocycles. The van der Waals surface area contributed by atoms with Gasteiger partial charge in [-0.25, -0.2) is 0 Å². The van der Waals surface area contributed by atoms with E-state index in [9.17, 15) is 0 Å². The van der Waals surface area contributed by atoms with Crippen molar-refractivity contribution < 1.29 is 0 Å². The third-order valence-corrected chi connectivity index (χ3v) is 4.16. The molecule has 1 nitrogen and oxygen atoms in total. The van der Waals surface area contributed by atoms with Crippen molar-refractivity contribution in [3.05, 3.63) is 35.9 Å². The molecule has 0 radical (unpaired) electrons. The fraction of sp³-hybridized carbons (Fsp3) is 0.700. The molecule has 1 heteroatoms. The maximum Gasteiger partial charge on any atom is 0.0107 e. The van der Waals surface area contributed by atoms with E-state index in [0.717, 1.165) is 6.54 Å². The van der Waals surface area contributed by atoms with Crippen LogP contribution in [0.25, 0.3) is 0 Å². The summed E-state index contributed by atoms with van der Waals surface area (Å²) >= 11 is 0.